The minimum absolute atomic E-state index is 0. The molecule has 0 amide bonds. The molecule has 2 N–H and O–H groups in total. The molecule has 5 nitrogen and oxygen atoms in total. The van der Waals surface area contributed by atoms with Crippen LogP contribution in [0.1, 0.15) is 39.1 Å². The quantitative estimate of drug-likeness (QED) is 0.369. The van der Waals surface area contributed by atoms with Gasteiger partial charge < -0.3 is 15.2 Å². The predicted molar refractivity (Wildman–Crippen MR) is 120 cm³/mol. The standard InChI is InChI=1S/C20H31N5.HI/c1-16(2)14-25-12-11-22-18(25)13-23-19(21-5)24-15-20(3,4)17-9-7-6-8-10-17;/h6-12,16H,13-15H2,1-5H3,(H2,21,23,24);1H. The van der Waals surface area contributed by atoms with Crippen molar-refractivity contribution in [1.82, 2.24) is 20.2 Å². The molecule has 0 saturated heterocycles. The lowest BCUT2D eigenvalue weighted by atomic mass is 9.85. The summed E-state index contributed by atoms with van der Waals surface area (Å²) < 4.78 is 2.19. The summed E-state index contributed by atoms with van der Waals surface area (Å²) in [6.45, 7) is 11.3. The third-order valence-corrected chi connectivity index (χ3v) is 4.25. The van der Waals surface area contributed by atoms with Gasteiger partial charge in [-0.1, -0.05) is 58.0 Å². The monoisotopic (exact) mass is 469 g/mol. The highest BCUT2D eigenvalue weighted by Crippen LogP contribution is 2.21. The summed E-state index contributed by atoms with van der Waals surface area (Å²) in [5.41, 5.74) is 1.33. The fourth-order valence-electron chi connectivity index (χ4n) is 2.75. The average molecular weight is 469 g/mol. The third kappa shape index (κ3) is 6.63. The van der Waals surface area contributed by atoms with E-state index in [1.807, 2.05) is 18.5 Å². The van der Waals surface area contributed by atoms with Crippen molar-refractivity contribution in [1.29, 1.82) is 0 Å². The first-order valence-electron chi connectivity index (χ1n) is 8.92. The van der Waals surface area contributed by atoms with E-state index in [2.05, 4.69) is 77.1 Å². The number of nitrogens with zero attached hydrogens (tertiary/aromatic N) is 3. The van der Waals surface area contributed by atoms with Crippen LogP contribution in [0.3, 0.4) is 0 Å². The van der Waals surface area contributed by atoms with Crippen molar-refractivity contribution < 1.29 is 0 Å². The summed E-state index contributed by atoms with van der Waals surface area (Å²) >= 11 is 0. The maximum absolute atomic E-state index is 4.45. The highest BCUT2D eigenvalue weighted by molar-refractivity contribution is 14.0. The van der Waals surface area contributed by atoms with E-state index in [-0.39, 0.29) is 29.4 Å². The molecule has 0 fully saturated rings. The van der Waals surface area contributed by atoms with Crippen molar-refractivity contribution in [3.63, 3.8) is 0 Å². The van der Waals surface area contributed by atoms with E-state index in [1.54, 1.807) is 7.05 Å². The van der Waals surface area contributed by atoms with Gasteiger partial charge in [-0.2, -0.15) is 0 Å². The highest BCUT2D eigenvalue weighted by atomic mass is 127. The molecule has 0 aliphatic carbocycles. The molecule has 2 aromatic rings. The highest BCUT2D eigenvalue weighted by Gasteiger charge is 2.20. The van der Waals surface area contributed by atoms with Crippen LogP contribution in [0.25, 0.3) is 0 Å². The zero-order chi connectivity index (χ0) is 18.3. The summed E-state index contributed by atoms with van der Waals surface area (Å²) in [7, 11) is 1.80. The molecular weight excluding hydrogens is 437 g/mol. The molecule has 0 saturated carbocycles. The molecule has 0 radical (unpaired) electrons. The Balaban J connectivity index is 0.00000338. The Labute approximate surface area is 174 Å². The van der Waals surface area contributed by atoms with E-state index < -0.39 is 0 Å². The number of rotatable bonds is 7. The molecule has 1 aromatic carbocycles. The Morgan fingerprint density at radius 1 is 1.19 bits per heavy atom. The van der Waals surface area contributed by atoms with Crippen molar-refractivity contribution in [2.45, 2.75) is 46.2 Å². The first-order valence-corrected chi connectivity index (χ1v) is 8.92. The molecule has 6 heteroatoms. The molecule has 0 aliphatic rings. The van der Waals surface area contributed by atoms with Gasteiger partial charge >= 0.3 is 0 Å². The van der Waals surface area contributed by atoms with Gasteiger partial charge in [0.2, 0.25) is 0 Å². The summed E-state index contributed by atoms with van der Waals surface area (Å²) in [6, 6.07) is 10.5. The minimum atomic E-state index is 0. The molecule has 2 rings (SSSR count). The number of benzene rings is 1. The number of imidazole rings is 1. The van der Waals surface area contributed by atoms with Crippen LogP contribution in [0.15, 0.2) is 47.7 Å². The van der Waals surface area contributed by atoms with Gasteiger partial charge in [0.15, 0.2) is 5.96 Å². The molecule has 0 unspecified atom stereocenters. The summed E-state index contributed by atoms with van der Waals surface area (Å²) in [5.74, 6) is 2.42. The van der Waals surface area contributed by atoms with Crippen molar-refractivity contribution in [2.24, 2.45) is 10.9 Å². The topological polar surface area (TPSA) is 54.2 Å². The van der Waals surface area contributed by atoms with Crippen LogP contribution in [0.4, 0.5) is 0 Å². The summed E-state index contributed by atoms with van der Waals surface area (Å²) in [5, 5.41) is 6.80. The molecule has 0 atom stereocenters. The zero-order valence-corrected chi connectivity index (χ0v) is 18.8. The van der Waals surface area contributed by atoms with Gasteiger partial charge in [-0.05, 0) is 11.5 Å². The van der Waals surface area contributed by atoms with Crippen molar-refractivity contribution in [3.05, 3.63) is 54.1 Å². The van der Waals surface area contributed by atoms with Gasteiger partial charge in [-0.15, -0.1) is 24.0 Å². The lowest BCUT2D eigenvalue weighted by Gasteiger charge is -2.26. The van der Waals surface area contributed by atoms with E-state index >= 15 is 0 Å². The maximum Gasteiger partial charge on any atom is 0.191 e. The Kier molecular flexibility index (Phi) is 9.12. The smallest absolute Gasteiger partial charge is 0.191 e. The molecule has 0 bridgehead atoms. The van der Waals surface area contributed by atoms with E-state index in [0.29, 0.717) is 12.5 Å². The molecular formula is C20H32IN5. The van der Waals surface area contributed by atoms with Gasteiger partial charge in [0.05, 0.1) is 6.54 Å². The van der Waals surface area contributed by atoms with Crippen molar-refractivity contribution in [3.8, 4) is 0 Å². The summed E-state index contributed by atoms with van der Waals surface area (Å²) in [4.78, 5) is 8.78. The van der Waals surface area contributed by atoms with Crippen LogP contribution in [0.2, 0.25) is 0 Å². The van der Waals surface area contributed by atoms with E-state index in [4.69, 9.17) is 0 Å². The second kappa shape index (κ2) is 10.5. The largest absolute Gasteiger partial charge is 0.356 e. The van der Waals surface area contributed by atoms with Crippen LogP contribution < -0.4 is 10.6 Å². The fraction of sp³-hybridized carbons (Fsp3) is 0.500. The van der Waals surface area contributed by atoms with Crippen LogP contribution in [-0.2, 0) is 18.5 Å². The number of aromatic nitrogens is 2. The fourth-order valence-corrected chi connectivity index (χ4v) is 2.75. The number of halogens is 1. The Morgan fingerprint density at radius 2 is 1.88 bits per heavy atom. The van der Waals surface area contributed by atoms with Gasteiger partial charge in [0.25, 0.3) is 0 Å². The normalized spacial score (nSPS) is 12.0. The number of guanidine groups is 1. The molecule has 26 heavy (non-hydrogen) atoms. The van der Waals surface area contributed by atoms with E-state index in [9.17, 15) is 0 Å². The van der Waals surface area contributed by atoms with Gasteiger partial charge in [0, 0.05) is 37.9 Å². The number of nitrogens with one attached hydrogen (secondary N) is 2. The summed E-state index contributed by atoms with van der Waals surface area (Å²) in [6.07, 6.45) is 3.89. The Hall–Kier alpha value is -1.57. The number of hydrogen-bond acceptors (Lipinski definition) is 2. The predicted octanol–water partition coefficient (Wildman–Crippen LogP) is 3.80. The lowest BCUT2D eigenvalue weighted by molar-refractivity contribution is 0.498. The first-order chi connectivity index (χ1) is 11.9. The molecule has 0 aliphatic heterocycles. The van der Waals surface area contributed by atoms with Gasteiger partial charge in [-0.3, -0.25) is 4.99 Å². The SMILES string of the molecule is CN=C(NCc1nccn1CC(C)C)NCC(C)(C)c1ccccc1.I. The average Bonchev–Trinajstić information content (AvgIpc) is 3.02. The number of aliphatic imine (C=N–C) groups is 1. The molecule has 1 aromatic heterocycles. The zero-order valence-electron chi connectivity index (χ0n) is 16.5. The minimum Gasteiger partial charge on any atom is -0.356 e. The molecule has 0 spiro atoms. The molecule has 144 valence electrons. The van der Waals surface area contributed by atoms with Crippen molar-refractivity contribution >= 4 is 29.9 Å². The van der Waals surface area contributed by atoms with Crippen LogP contribution in [0.5, 0.6) is 0 Å². The Morgan fingerprint density at radius 3 is 2.50 bits per heavy atom. The Bertz CT molecular complexity index is 677. The second-order valence-corrected chi connectivity index (χ2v) is 7.42. The third-order valence-electron chi connectivity index (χ3n) is 4.25. The first kappa shape index (κ1) is 22.5. The van der Waals surface area contributed by atoms with Crippen LogP contribution in [0, 0.1) is 5.92 Å². The maximum atomic E-state index is 4.45. The lowest BCUT2D eigenvalue weighted by Crippen LogP contribution is -2.43. The van der Waals surface area contributed by atoms with Gasteiger partial charge in [-0.25, -0.2) is 4.98 Å². The van der Waals surface area contributed by atoms with Gasteiger partial charge in [0.1, 0.15) is 5.82 Å². The van der Waals surface area contributed by atoms with Crippen LogP contribution in [-0.4, -0.2) is 29.1 Å². The molecule has 1 heterocycles. The van der Waals surface area contributed by atoms with Crippen LogP contribution >= 0.6 is 24.0 Å². The van der Waals surface area contributed by atoms with E-state index in [0.717, 1.165) is 24.9 Å². The van der Waals surface area contributed by atoms with Crippen molar-refractivity contribution in [2.75, 3.05) is 13.6 Å². The van der Waals surface area contributed by atoms with E-state index in [1.165, 1.54) is 5.56 Å². The second-order valence-electron chi connectivity index (χ2n) is 7.42. The number of hydrogen-bond donors (Lipinski definition) is 2.